The largest absolute Gasteiger partial charge is 0.416 e. The Bertz CT molecular complexity index is 1000. The number of sulfone groups is 2. The molecule has 2 aliphatic heterocycles. The lowest BCUT2D eigenvalue weighted by atomic mass is 9.93. The molecule has 0 aromatic carbocycles. The van der Waals surface area contributed by atoms with E-state index in [0.29, 0.717) is 25.2 Å². The molecule has 2 saturated heterocycles. The van der Waals surface area contributed by atoms with Crippen LogP contribution in [0.15, 0.2) is 9.64 Å². The first-order chi connectivity index (χ1) is 14.7. The van der Waals surface area contributed by atoms with Gasteiger partial charge in [-0.2, -0.15) is 0 Å². The summed E-state index contributed by atoms with van der Waals surface area (Å²) in [5.74, 6) is 0.971. The van der Waals surface area contributed by atoms with Gasteiger partial charge in [0.1, 0.15) is 0 Å². The van der Waals surface area contributed by atoms with E-state index in [1.165, 1.54) is 0 Å². The minimum atomic E-state index is -3.08. The van der Waals surface area contributed by atoms with E-state index in [0.717, 1.165) is 43.9 Å². The summed E-state index contributed by atoms with van der Waals surface area (Å²) < 4.78 is 52.8. The van der Waals surface area contributed by atoms with Crippen molar-refractivity contribution in [3.63, 3.8) is 0 Å². The first-order valence-electron chi connectivity index (χ1n) is 10.9. The van der Waals surface area contributed by atoms with E-state index in [1.807, 2.05) is 4.90 Å². The molecule has 1 aromatic heterocycles. The number of hydrogen-bond acceptors (Lipinski definition) is 9. The van der Waals surface area contributed by atoms with Crippen molar-refractivity contribution in [3.8, 4) is 0 Å². The van der Waals surface area contributed by atoms with Gasteiger partial charge in [0, 0.05) is 18.5 Å². The Morgan fingerprint density at radius 2 is 1.65 bits per heavy atom. The van der Waals surface area contributed by atoms with E-state index in [4.69, 9.17) is 4.42 Å². The zero-order valence-electron chi connectivity index (χ0n) is 17.4. The van der Waals surface area contributed by atoms with Crippen LogP contribution in [-0.2, 0) is 30.9 Å². The summed E-state index contributed by atoms with van der Waals surface area (Å²) in [7, 11) is -6.04. The molecule has 3 aliphatic rings. The van der Waals surface area contributed by atoms with Crippen LogP contribution in [0.2, 0.25) is 0 Å². The zero-order valence-corrected chi connectivity index (χ0v) is 19.9. The fraction of sp³-hybridized carbons (Fsp3) is 0.842. The molecule has 12 heteroatoms. The SMILES string of the molecule is O=C(CSc1nnc(CC2CCS(=O)(=O)C2)o1)N(C1CCCCC1)C1CCS(=O)(=O)C1. The molecule has 0 bridgehead atoms. The van der Waals surface area contributed by atoms with Crippen LogP contribution in [0, 0.1) is 5.92 Å². The van der Waals surface area contributed by atoms with Gasteiger partial charge in [-0.3, -0.25) is 4.79 Å². The maximum atomic E-state index is 13.1. The fourth-order valence-corrected chi connectivity index (χ4v) is 9.14. The second kappa shape index (κ2) is 9.38. The summed E-state index contributed by atoms with van der Waals surface area (Å²) in [5, 5.41) is 8.27. The number of aromatic nitrogens is 2. The molecular weight excluding hydrogens is 462 g/mol. The average Bonchev–Trinajstić information content (AvgIpc) is 3.40. The Hall–Kier alpha value is -1.14. The second-order valence-electron chi connectivity index (χ2n) is 8.87. The van der Waals surface area contributed by atoms with E-state index in [9.17, 15) is 21.6 Å². The van der Waals surface area contributed by atoms with Gasteiger partial charge >= 0.3 is 0 Å². The quantitative estimate of drug-likeness (QED) is 0.521. The van der Waals surface area contributed by atoms with Gasteiger partial charge in [-0.1, -0.05) is 31.0 Å². The summed E-state index contributed by atoms with van der Waals surface area (Å²) in [6.07, 6.45) is 6.65. The molecule has 2 atom stereocenters. The number of hydrogen-bond donors (Lipinski definition) is 0. The predicted molar refractivity (Wildman–Crippen MR) is 116 cm³/mol. The van der Waals surface area contributed by atoms with Crippen molar-refractivity contribution in [1.82, 2.24) is 15.1 Å². The fourth-order valence-electron chi connectivity index (χ4n) is 4.92. The Morgan fingerprint density at radius 1 is 0.935 bits per heavy atom. The average molecular weight is 492 g/mol. The third-order valence-corrected chi connectivity index (χ3v) is 10.8. The first-order valence-corrected chi connectivity index (χ1v) is 15.5. The smallest absolute Gasteiger partial charge is 0.277 e. The van der Waals surface area contributed by atoms with Gasteiger partial charge in [0.25, 0.3) is 5.22 Å². The minimum Gasteiger partial charge on any atom is -0.416 e. The lowest BCUT2D eigenvalue weighted by Gasteiger charge is -2.38. The van der Waals surface area contributed by atoms with Crippen LogP contribution in [0.4, 0.5) is 0 Å². The highest BCUT2D eigenvalue weighted by atomic mass is 32.2. The molecule has 174 valence electrons. The van der Waals surface area contributed by atoms with Crippen molar-refractivity contribution in [1.29, 1.82) is 0 Å². The Labute approximate surface area is 187 Å². The van der Waals surface area contributed by atoms with Crippen LogP contribution in [0.3, 0.4) is 0 Å². The van der Waals surface area contributed by atoms with Crippen LogP contribution in [0.5, 0.6) is 0 Å². The number of carbonyl (C=O) groups is 1. The van der Waals surface area contributed by atoms with Crippen LogP contribution >= 0.6 is 11.8 Å². The van der Waals surface area contributed by atoms with E-state index in [2.05, 4.69) is 10.2 Å². The third-order valence-electron chi connectivity index (χ3n) is 6.42. The Morgan fingerprint density at radius 3 is 2.29 bits per heavy atom. The van der Waals surface area contributed by atoms with Gasteiger partial charge in [0.05, 0.1) is 28.8 Å². The predicted octanol–water partition coefficient (Wildman–Crippen LogP) is 1.49. The summed E-state index contributed by atoms with van der Waals surface area (Å²) in [6.45, 7) is 0. The molecule has 9 nitrogen and oxygen atoms in total. The molecular formula is C19H29N3O6S3. The molecule has 0 spiro atoms. The van der Waals surface area contributed by atoms with E-state index >= 15 is 0 Å². The van der Waals surface area contributed by atoms with Crippen molar-refractivity contribution in [3.05, 3.63) is 5.89 Å². The summed E-state index contributed by atoms with van der Waals surface area (Å²) in [5.41, 5.74) is 0. The van der Waals surface area contributed by atoms with Crippen LogP contribution in [0.1, 0.15) is 50.8 Å². The van der Waals surface area contributed by atoms with Gasteiger partial charge in [-0.15, -0.1) is 10.2 Å². The molecule has 3 heterocycles. The summed E-state index contributed by atoms with van der Waals surface area (Å²) in [4.78, 5) is 15.0. The lowest BCUT2D eigenvalue weighted by Crippen LogP contribution is -2.49. The molecule has 4 rings (SSSR count). The van der Waals surface area contributed by atoms with Crippen molar-refractivity contribution < 1.29 is 26.0 Å². The van der Waals surface area contributed by atoms with E-state index in [1.54, 1.807) is 0 Å². The van der Waals surface area contributed by atoms with Gasteiger partial charge < -0.3 is 9.32 Å². The summed E-state index contributed by atoms with van der Waals surface area (Å²) >= 11 is 1.16. The second-order valence-corrected chi connectivity index (χ2v) is 14.3. The van der Waals surface area contributed by atoms with Crippen LogP contribution in [0.25, 0.3) is 0 Å². The van der Waals surface area contributed by atoms with Gasteiger partial charge in [-0.25, -0.2) is 16.8 Å². The molecule has 3 fully saturated rings. The number of nitrogens with zero attached hydrogens (tertiary/aromatic N) is 3. The zero-order chi connectivity index (χ0) is 22.1. The van der Waals surface area contributed by atoms with Gasteiger partial charge in [0.2, 0.25) is 11.8 Å². The van der Waals surface area contributed by atoms with E-state index in [-0.39, 0.29) is 57.9 Å². The molecule has 1 aromatic rings. The van der Waals surface area contributed by atoms with Crippen molar-refractivity contribution in [2.24, 2.45) is 5.92 Å². The monoisotopic (exact) mass is 491 g/mol. The minimum absolute atomic E-state index is 0.00367. The molecule has 1 saturated carbocycles. The molecule has 2 unspecified atom stereocenters. The molecule has 1 amide bonds. The van der Waals surface area contributed by atoms with Gasteiger partial charge in [-0.05, 0) is 31.6 Å². The highest BCUT2D eigenvalue weighted by Crippen LogP contribution is 2.30. The number of thioether (sulfide) groups is 1. The maximum absolute atomic E-state index is 13.1. The van der Waals surface area contributed by atoms with Crippen molar-refractivity contribution in [2.45, 2.75) is 68.7 Å². The Balaban J connectivity index is 1.36. The first kappa shape index (κ1) is 23.0. The topological polar surface area (TPSA) is 128 Å². The highest BCUT2D eigenvalue weighted by Gasteiger charge is 2.38. The van der Waals surface area contributed by atoms with Crippen molar-refractivity contribution in [2.75, 3.05) is 28.8 Å². The van der Waals surface area contributed by atoms with Crippen LogP contribution < -0.4 is 0 Å². The van der Waals surface area contributed by atoms with Crippen LogP contribution in [-0.4, -0.2) is 78.7 Å². The normalized spacial score (nSPS) is 28.0. The number of carbonyl (C=O) groups excluding carboxylic acids is 1. The molecule has 0 N–H and O–H groups in total. The molecule has 1 aliphatic carbocycles. The molecule has 0 radical (unpaired) electrons. The number of amides is 1. The third kappa shape index (κ3) is 6.01. The van der Waals surface area contributed by atoms with E-state index < -0.39 is 19.7 Å². The highest BCUT2D eigenvalue weighted by molar-refractivity contribution is 7.99. The maximum Gasteiger partial charge on any atom is 0.277 e. The number of rotatable bonds is 7. The molecule has 31 heavy (non-hydrogen) atoms. The standard InChI is InChI=1S/C19H29N3O6S3/c23-18(22(15-4-2-1-3-5-15)16-7-9-31(26,27)13-16)11-29-19-21-20-17(28-19)10-14-6-8-30(24,25)12-14/h14-16H,1-13H2. The summed E-state index contributed by atoms with van der Waals surface area (Å²) in [6, 6.07) is -0.147. The van der Waals surface area contributed by atoms with Gasteiger partial charge in [0.15, 0.2) is 19.7 Å². The van der Waals surface area contributed by atoms with Crippen molar-refractivity contribution >= 4 is 37.3 Å². The Kier molecular flexibility index (Phi) is 6.97. The lowest BCUT2D eigenvalue weighted by molar-refractivity contribution is -0.133.